The fraction of sp³-hybridized carbons (Fsp3) is 1.00. The molecule has 0 radical (unpaired) electrons. The number of fused-ring (bicyclic) bond motifs is 3. The molecule has 86 valence electrons. The molecule has 15 heavy (non-hydrogen) atoms. The van der Waals surface area contributed by atoms with Crippen molar-refractivity contribution < 1.29 is 0 Å². The first-order valence-corrected chi connectivity index (χ1v) is 6.68. The van der Waals surface area contributed by atoms with Crippen LogP contribution in [0.25, 0.3) is 0 Å². The van der Waals surface area contributed by atoms with Crippen LogP contribution >= 0.6 is 0 Å². The lowest BCUT2D eigenvalue weighted by molar-refractivity contribution is 0.125. The third-order valence-electron chi connectivity index (χ3n) is 5.21. The van der Waals surface area contributed by atoms with Gasteiger partial charge in [-0.05, 0) is 51.7 Å². The Morgan fingerprint density at radius 3 is 2.47 bits per heavy atom. The average molecular weight is 208 g/mol. The average Bonchev–Trinajstić information content (AvgIpc) is 2.54. The highest BCUT2D eigenvalue weighted by Crippen LogP contribution is 2.45. The van der Waals surface area contributed by atoms with E-state index in [9.17, 15) is 0 Å². The molecule has 0 spiro atoms. The molecular formula is C13H24N2. The van der Waals surface area contributed by atoms with E-state index in [1.807, 2.05) is 0 Å². The molecule has 2 heterocycles. The summed E-state index contributed by atoms with van der Waals surface area (Å²) in [6, 6.07) is 1.80. The first kappa shape index (κ1) is 10.1. The first-order valence-electron chi connectivity index (χ1n) is 6.68. The molecule has 2 saturated heterocycles. The van der Waals surface area contributed by atoms with Crippen molar-refractivity contribution in [2.45, 2.75) is 44.2 Å². The standard InChI is InChI=1S/C13H24N2/c1-14-8-7-11-10-5-3-4-6-12(10)15(2)13(11)9-14/h10-13H,3-9H2,1-2H3. The van der Waals surface area contributed by atoms with Gasteiger partial charge < -0.3 is 4.90 Å². The lowest BCUT2D eigenvalue weighted by Gasteiger charge is -2.36. The summed E-state index contributed by atoms with van der Waals surface area (Å²) in [6.07, 6.45) is 7.40. The van der Waals surface area contributed by atoms with Crippen LogP contribution in [-0.4, -0.2) is 49.1 Å². The van der Waals surface area contributed by atoms with Gasteiger partial charge in [0.25, 0.3) is 0 Å². The van der Waals surface area contributed by atoms with E-state index in [-0.39, 0.29) is 0 Å². The molecule has 2 nitrogen and oxygen atoms in total. The SMILES string of the molecule is CN1CCC2C3CCCCC3N(C)C2C1. The smallest absolute Gasteiger partial charge is 0.0254 e. The zero-order chi connectivity index (χ0) is 10.4. The summed E-state index contributed by atoms with van der Waals surface area (Å²) in [5.41, 5.74) is 0. The van der Waals surface area contributed by atoms with Gasteiger partial charge in [0.2, 0.25) is 0 Å². The van der Waals surface area contributed by atoms with E-state index in [0.717, 1.165) is 23.9 Å². The highest BCUT2D eigenvalue weighted by molar-refractivity contribution is 5.02. The fourth-order valence-electron chi connectivity index (χ4n) is 4.43. The van der Waals surface area contributed by atoms with E-state index < -0.39 is 0 Å². The zero-order valence-electron chi connectivity index (χ0n) is 10.2. The van der Waals surface area contributed by atoms with Crippen LogP contribution in [0.15, 0.2) is 0 Å². The van der Waals surface area contributed by atoms with Crippen molar-refractivity contribution >= 4 is 0 Å². The molecule has 0 aromatic heterocycles. The minimum absolute atomic E-state index is 0.872. The van der Waals surface area contributed by atoms with Crippen molar-refractivity contribution in [1.82, 2.24) is 9.80 Å². The number of hydrogen-bond acceptors (Lipinski definition) is 2. The second-order valence-electron chi connectivity index (χ2n) is 5.96. The molecule has 3 fully saturated rings. The van der Waals surface area contributed by atoms with Crippen LogP contribution in [-0.2, 0) is 0 Å². The van der Waals surface area contributed by atoms with Crippen LogP contribution in [0, 0.1) is 11.8 Å². The third kappa shape index (κ3) is 1.53. The Hall–Kier alpha value is -0.0800. The Balaban J connectivity index is 1.81. The lowest BCUT2D eigenvalue weighted by atomic mass is 9.76. The Labute approximate surface area is 93.6 Å². The van der Waals surface area contributed by atoms with Gasteiger partial charge in [-0.2, -0.15) is 0 Å². The summed E-state index contributed by atoms with van der Waals surface area (Å²) in [7, 11) is 4.67. The van der Waals surface area contributed by atoms with Gasteiger partial charge in [0.05, 0.1) is 0 Å². The zero-order valence-corrected chi connectivity index (χ0v) is 10.2. The van der Waals surface area contributed by atoms with Gasteiger partial charge in [0.1, 0.15) is 0 Å². The number of likely N-dealkylation sites (tertiary alicyclic amines) is 2. The summed E-state index contributed by atoms with van der Waals surface area (Å²) >= 11 is 0. The topological polar surface area (TPSA) is 6.48 Å². The van der Waals surface area contributed by atoms with E-state index >= 15 is 0 Å². The fourth-order valence-corrected chi connectivity index (χ4v) is 4.43. The van der Waals surface area contributed by atoms with Gasteiger partial charge in [-0.25, -0.2) is 0 Å². The quantitative estimate of drug-likeness (QED) is 0.599. The number of rotatable bonds is 0. The van der Waals surface area contributed by atoms with E-state index in [1.165, 1.54) is 45.2 Å². The second-order valence-corrected chi connectivity index (χ2v) is 5.96. The van der Waals surface area contributed by atoms with Crippen molar-refractivity contribution in [3.05, 3.63) is 0 Å². The van der Waals surface area contributed by atoms with Gasteiger partial charge in [-0.3, -0.25) is 4.90 Å². The van der Waals surface area contributed by atoms with Crippen molar-refractivity contribution in [2.24, 2.45) is 11.8 Å². The Morgan fingerprint density at radius 2 is 1.60 bits per heavy atom. The molecule has 3 rings (SSSR count). The first-order chi connectivity index (χ1) is 7.27. The highest BCUT2D eigenvalue weighted by Gasteiger charge is 2.48. The van der Waals surface area contributed by atoms with Crippen LogP contribution in [0.3, 0.4) is 0 Å². The maximum absolute atomic E-state index is 2.73. The van der Waals surface area contributed by atoms with Gasteiger partial charge >= 0.3 is 0 Å². The molecule has 0 aromatic rings. The minimum atomic E-state index is 0.872. The molecule has 2 heteroatoms. The van der Waals surface area contributed by atoms with Crippen molar-refractivity contribution in [3.8, 4) is 0 Å². The van der Waals surface area contributed by atoms with Crippen LogP contribution in [0.2, 0.25) is 0 Å². The van der Waals surface area contributed by atoms with Crippen molar-refractivity contribution in [1.29, 1.82) is 0 Å². The van der Waals surface area contributed by atoms with Crippen molar-refractivity contribution in [2.75, 3.05) is 27.2 Å². The number of piperidine rings is 1. The van der Waals surface area contributed by atoms with Crippen LogP contribution in [0.1, 0.15) is 32.1 Å². The Kier molecular flexibility index (Phi) is 2.52. The van der Waals surface area contributed by atoms with Crippen LogP contribution in [0.4, 0.5) is 0 Å². The Morgan fingerprint density at radius 1 is 0.867 bits per heavy atom. The normalized spacial score (nSPS) is 47.6. The van der Waals surface area contributed by atoms with E-state index in [4.69, 9.17) is 0 Å². The second kappa shape index (κ2) is 3.74. The largest absolute Gasteiger partial charge is 0.305 e. The van der Waals surface area contributed by atoms with Crippen LogP contribution in [0.5, 0.6) is 0 Å². The molecule has 0 N–H and O–H groups in total. The van der Waals surface area contributed by atoms with Crippen molar-refractivity contribution in [3.63, 3.8) is 0 Å². The summed E-state index contributed by atoms with van der Waals surface area (Å²) < 4.78 is 0. The summed E-state index contributed by atoms with van der Waals surface area (Å²) in [6.45, 7) is 2.65. The molecule has 0 amide bonds. The number of likely N-dealkylation sites (N-methyl/N-ethyl adjacent to an activating group) is 2. The molecule has 4 unspecified atom stereocenters. The lowest BCUT2D eigenvalue weighted by Crippen LogP contribution is -2.46. The Bertz CT molecular complexity index is 241. The maximum Gasteiger partial charge on any atom is 0.0254 e. The molecule has 0 bridgehead atoms. The predicted octanol–water partition coefficient (Wildman–Crippen LogP) is 1.81. The van der Waals surface area contributed by atoms with Gasteiger partial charge in [-0.15, -0.1) is 0 Å². The molecule has 2 aliphatic heterocycles. The van der Waals surface area contributed by atoms with E-state index in [2.05, 4.69) is 23.9 Å². The molecule has 0 aromatic carbocycles. The molecule has 4 atom stereocenters. The molecule has 1 aliphatic carbocycles. The summed E-state index contributed by atoms with van der Waals surface area (Å²) in [4.78, 5) is 5.25. The van der Waals surface area contributed by atoms with E-state index in [0.29, 0.717) is 0 Å². The summed E-state index contributed by atoms with van der Waals surface area (Å²) in [5.74, 6) is 2.07. The monoisotopic (exact) mass is 208 g/mol. The van der Waals surface area contributed by atoms with Gasteiger partial charge in [0.15, 0.2) is 0 Å². The maximum atomic E-state index is 2.73. The highest BCUT2D eigenvalue weighted by atomic mass is 15.3. The van der Waals surface area contributed by atoms with Gasteiger partial charge in [0, 0.05) is 18.6 Å². The van der Waals surface area contributed by atoms with E-state index in [1.54, 1.807) is 0 Å². The summed E-state index contributed by atoms with van der Waals surface area (Å²) in [5, 5.41) is 0. The molecule has 1 saturated carbocycles. The predicted molar refractivity (Wildman–Crippen MR) is 62.9 cm³/mol. The molecule has 3 aliphatic rings. The van der Waals surface area contributed by atoms with Gasteiger partial charge in [-0.1, -0.05) is 12.8 Å². The number of nitrogens with zero attached hydrogens (tertiary/aromatic N) is 2. The number of hydrogen-bond donors (Lipinski definition) is 0. The van der Waals surface area contributed by atoms with Crippen LogP contribution < -0.4 is 0 Å². The minimum Gasteiger partial charge on any atom is -0.305 e. The third-order valence-corrected chi connectivity index (χ3v) is 5.21. The molecular weight excluding hydrogens is 184 g/mol.